The van der Waals surface area contributed by atoms with Gasteiger partial charge in [0.05, 0.1) is 0 Å². The van der Waals surface area contributed by atoms with Gasteiger partial charge in [0, 0.05) is 13.0 Å². The molecule has 0 aliphatic carbocycles. The van der Waals surface area contributed by atoms with Crippen molar-refractivity contribution in [1.82, 2.24) is 10.6 Å². The average Bonchev–Trinajstić information content (AvgIpc) is 2.14. The molecule has 0 rings (SSSR count). The summed E-state index contributed by atoms with van der Waals surface area (Å²) in [6.07, 6.45) is 2.75. The van der Waals surface area contributed by atoms with E-state index in [0.29, 0.717) is 17.8 Å². The fraction of sp³-hybridized carbons (Fsp3) is 0.929. The fourth-order valence-electron chi connectivity index (χ4n) is 2.12. The molecular formula is C14H30N2O. The molecule has 102 valence electrons. The van der Waals surface area contributed by atoms with Crippen LogP contribution in [0.25, 0.3) is 0 Å². The maximum atomic E-state index is 11.6. The summed E-state index contributed by atoms with van der Waals surface area (Å²) in [5.41, 5.74) is 0.310. The third kappa shape index (κ3) is 11.7. The number of amides is 1. The number of nitrogens with one attached hydrogen (secondary N) is 2. The molecule has 3 heteroatoms. The maximum absolute atomic E-state index is 11.6. The van der Waals surface area contributed by atoms with Crippen LogP contribution in [0.4, 0.5) is 0 Å². The van der Waals surface area contributed by atoms with Crippen LogP contribution in [0.5, 0.6) is 0 Å². The second kappa shape index (κ2) is 8.51. The maximum Gasteiger partial charge on any atom is 0.220 e. The molecule has 2 N–H and O–H groups in total. The second-order valence-corrected chi connectivity index (χ2v) is 6.13. The van der Waals surface area contributed by atoms with Crippen LogP contribution in [-0.4, -0.2) is 25.5 Å². The molecule has 0 heterocycles. The second-order valence-electron chi connectivity index (χ2n) is 6.13. The van der Waals surface area contributed by atoms with Gasteiger partial charge in [0.1, 0.15) is 0 Å². The highest BCUT2D eigenvalue weighted by atomic mass is 16.1. The third-order valence-corrected chi connectivity index (χ3v) is 2.60. The lowest BCUT2D eigenvalue weighted by atomic mass is 9.84. The molecule has 1 unspecified atom stereocenters. The van der Waals surface area contributed by atoms with Gasteiger partial charge in [0.2, 0.25) is 5.91 Å². The van der Waals surface area contributed by atoms with Crippen molar-refractivity contribution in [1.29, 1.82) is 0 Å². The van der Waals surface area contributed by atoms with Crippen molar-refractivity contribution in [3.8, 4) is 0 Å². The van der Waals surface area contributed by atoms with Gasteiger partial charge in [0.25, 0.3) is 0 Å². The Morgan fingerprint density at radius 3 is 2.41 bits per heavy atom. The Kier molecular flexibility index (Phi) is 8.23. The standard InChI is InChI=1S/C14H30N2O/c1-6-15-8-7-9-16-13(17)10-12(2)11-14(3,4)5/h12,15H,6-11H2,1-5H3,(H,16,17). The van der Waals surface area contributed by atoms with E-state index in [4.69, 9.17) is 0 Å². The van der Waals surface area contributed by atoms with E-state index in [1.54, 1.807) is 0 Å². The fourth-order valence-corrected chi connectivity index (χ4v) is 2.12. The zero-order valence-electron chi connectivity index (χ0n) is 12.2. The van der Waals surface area contributed by atoms with E-state index in [9.17, 15) is 4.79 Å². The van der Waals surface area contributed by atoms with E-state index in [1.807, 2.05) is 0 Å². The van der Waals surface area contributed by atoms with Gasteiger partial charge in [-0.3, -0.25) is 4.79 Å². The molecule has 0 aromatic carbocycles. The first-order chi connectivity index (χ1) is 7.85. The lowest BCUT2D eigenvalue weighted by Crippen LogP contribution is -2.29. The quantitative estimate of drug-likeness (QED) is 0.642. The number of carbonyl (C=O) groups is 1. The Bertz CT molecular complexity index is 209. The van der Waals surface area contributed by atoms with E-state index in [0.717, 1.165) is 32.5 Å². The normalized spacial score (nSPS) is 13.5. The Morgan fingerprint density at radius 1 is 1.24 bits per heavy atom. The molecule has 0 fully saturated rings. The van der Waals surface area contributed by atoms with Crippen LogP contribution < -0.4 is 10.6 Å². The summed E-state index contributed by atoms with van der Waals surface area (Å²) in [6.45, 7) is 13.7. The largest absolute Gasteiger partial charge is 0.356 e. The highest BCUT2D eigenvalue weighted by Gasteiger charge is 2.17. The molecule has 0 radical (unpaired) electrons. The first kappa shape index (κ1) is 16.4. The molecule has 1 atom stereocenters. The highest BCUT2D eigenvalue weighted by Crippen LogP contribution is 2.25. The van der Waals surface area contributed by atoms with Gasteiger partial charge < -0.3 is 10.6 Å². The van der Waals surface area contributed by atoms with Gasteiger partial charge >= 0.3 is 0 Å². The summed E-state index contributed by atoms with van der Waals surface area (Å²) in [7, 11) is 0. The van der Waals surface area contributed by atoms with E-state index >= 15 is 0 Å². The van der Waals surface area contributed by atoms with Gasteiger partial charge in [-0.2, -0.15) is 0 Å². The van der Waals surface area contributed by atoms with Crippen LogP contribution in [0.2, 0.25) is 0 Å². The smallest absolute Gasteiger partial charge is 0.220 e. The van der Waals surface area contributed by atoms with Crippen LogP contribution in [0.1, 0.15) is 53.9 Å². The van der Waals surface area contributed by atoms with Gasteiger partial charge in [0.15, 0.2) is 0 Å². The zero-order chi connectivity index (χ0) is 13.3. The van der Waals surface area contributed by atoms with E-state index in [-0.39, 0.29) is 5.91 Å². The SMILES string of the molecule is CCNCCCNC(=O)CC(C)CC(C)(C)C. The molecule has 0 aliphatic rings. The van der Waals surface area contributed by atoms with E-state index in [2.05, 4.69) is 45.3 Å². The molecule has 0 aromatic rings. The van der Waals surface area contributed by atoms with Crippen molar-refractivity contribution in [2.75, 3.05) is 19.6 Å². The van der Waals surface area contributed by atoms with Gasteiger partial charge in [-0.25, -0.2) is 0 Å². The summed E-state index contributed by atoms with van der Waals surface area (Å²) in [6, 6.07) is 0. The minimum Gasteiger partial charge on any atom is -0.356 e. The summed E-state index contributed by atoms with van der Waals surface area (Å²) >= 11 is 0. The highest BCUT2D eigenvalue weighted by molar-refractivity contribution is 5.76. The number of rotatable bonds is 8. The Morgan fingerprint density at radius 2 is 1.88 bits per heavy atom. The van der Waals surface area contributed by atoms with Gasteiger partial charge in [-0.05, 0) is 37.3 Å². The molecule has 0 spiro atoms. The molecule has 0 aliphatic heterocycles. The molecule has 1 amide bonds. The van der Waals surface area contributed by atoms with Gasteiger partial charge in [-0.15, -0.1) is 0 Å². The van der Waals surface area contributed by atoms with Crippen LogP contribution in [0.3, 0.4) is 0 Å². The van der Waals surface area contributed by atoms with Crippen molar-refractivity contribution < 1.29 is 4.79 Å². The average molecular weight is 242 g/mol. The minimum atomic E-state index is 0.193. The van der Waals surface area contributed by atoms with Crippen molar-refractivity contribution in [3.63, 3.8) is 0 Å². The van der Waals surface area contributed by atoms with Crippen molar-refractivity contribution in [2.45, 2.75) is 53.9 Å². The Balaban J connectivity index is 3.58. The summed E-state index contributed by atoms with van der Waals surface area (Å²) < 4.78 is 0. The third-order valence-electron chi connectivity index (χ3n) is 2.60. The summed E-state index contributed by atoms with van der Waals surface area (Å²) in [4.78, 5) is 11.6. The molecule has 0 saturated carbocycles. The lowest BCUT2D eigenvalue weighted by molar-refractivity contribution is -0.122. The zero-order valence-corrected chi connectivity index (χ0v) is 12.2. The Hall–Kier alpha value is -0.570. The van der Waals surface area contributed by atoms with Crippen LogP contribution >= 0.6 is 0 Å². The predicted molar refractivity (Wildman–Crippen MR) is 74.0 cm³/mol. The van der Waals surface area contributed by atoms with E-state index < -0.39 is 0 Å². The molecule has 0 saturated heterocycles. The molecular weight excluding hydrogens is 212 g/mol. The molecule has 3 nitrogen and oxygen atoms in total. The predicted octanol–water partition coefficient (Wildman–Crippen LogP) is 2.56. The van der Waals surface area contributed by atoms with Crippen LogP contribution in [-0.2, 0) is 4.79 Å². The van der Waals surface area contributed by atoms with E-state index in [1.165, 1.54) is 0 Å². The summed E-state index contributed by atoms with van der Waals surface area (Å²) in [5.74, 6) is 0.655. The first-order valence-electron chi connectivity index (χ1n) is 6.82. The number of hydrogen-bond donors (Lipinski definition) is 2. The Labute approximate surface area is 107 Å². The van der Waals surface area contributed by atoms with Crippen molar-refractivity contribution in [3.05, 3.63) is 0 Å². The summed E-state index contributed by atoms with van der Waals surface area (Å²) in [5, 5.41) is 6.22. The van der Waals surface area contributed by atoms with Crippen LogP contribution in [0, 0.1) is 11.3 Å². The van der Waals surface area contributed by atoms with Crippen LogP contribution in [0.15, 0.2) is 0 Å². The minimum absolute atomic E-state index is 0.193. The molecule has 0 bridgehead atoms. The monoisotopic (exact) mass is 242 g/mol. The van der Waals surface area contributed by atoms with Crippen molar-refractivity contribution in [2.24, 2.45) is 11.3 Å². The topological polar surface area (TPSA) is 41.1 Å². The lowest BCUT2D eigenvalue weighted by Gasteiger charge is -2.22. The number of carbonyl (C=O) groups excluding carboxylic acids is 1. The molecule has 17 heavy (non-hydrogen) atoms. The van der Waals surface area contributed by atoms with Gasteiger partial charge in [-0.1, -0.05) is 34.6 Å². The first-order valence-corrected chi connectivity index (χ1v) is 6.82. The van der Waals surface area contributed by atoms with Crippen molar-refractivity contribution >= 4 is 5.91 Å². The number of hydrogen-bond acceptors (Lipinski definition) is 2. The molecule has 0 aromatic heterocycles.